The zero-order valence-electron chi connectivity index (χ0n) is 11.3. The number of aliphatic hydroxyl groups is 1. The Balaban J connectivity index is 2.16. The van der Waals surface area contributed by atoms with E-state index in [0.717, 1.165) is 6.20 Å². The molecule has 0 aliphatic heterocycles. The molecule has 1 N–H and O–H groups in total. The molecule has 1 aromatic carbocycles. The molecule has 0 spiro atoms. The van der Waals surface area contributed by atoms with Crippen LogP contribution in [-0.2, 0) is 5.60 Å². The van der Waals surface area contributed by atoms with Gasteiger partial charge in [-0.3, -0.25) is 4.98 Å². The van der Waals surface area contributed by atoms with Gasteiger partial charge >= 0.3 is 0 Å². The molecular weight excluding hydrogens is 276 g/mol. The van der Waals surface area contributed by atoms with Gasteiger partial charge in [0.1, 0.15) is 11.6 Å². The minimum absolute atomic E-state index is 0.0847. The van der Waals surface area contributed by atoms with Crippen molar-refractivity contribution >= 4 is 11.0 Å². The molecule has 21 heavy (non-hydrogen) atoms. The Bertz CT molecular complexity index is 783. The second-order valence-corrected chi connectivity index (χ2v) is 4.84. The van der Waals surface area contributed by atoms with Crippen molar-refractivity contribution in [3.05, 3.63) is 65.7 Å². The van der Waals surface area contributed by atoms with Crippen LogP contribution in [0.25, 0.3) is 11.0 Å². The molecule has 0 radical (unpaired) electrons. The van der Waals surface area contributed by atoms with Crippen molar-refractivity contribution in [3.8, 4) is 0 Å². The zero-order valence-corrected chi connectivity index (χ0v) is 11.3. The van der Waals surface area contributed by atoms with Crippen LogP contribution in [0.15, 0.2) is 47.0 Å². The lowest BCUT2D eigenvalue weighted by Crippen LogP contribution is -2.27. The Labute approximate surface area is 119 Å². The highest BCUT2D eigenvalue weighted by Crippen LogP contribution is 2.35. The Morgan fingerprint density at radius 3 is 2.67 bits per heavy atom. The van der Waals surface area contributed by atoms with E-state index in [-0.39, 0.29) is 23.5 Å². The molecule has 0 bridgehead atoms. The normalized spacial score (nSPS) is 14.3. The second-order valence-electron chi connectivity index (χ2n) is 4.84. The number of rotatable bonds is 3. The smallest absolute Gasteiger partial charge is 0.170 e. The van der Waals surface area contributed by atoms with E-state index in [4.69, 9.17) is 4.42 Å². The van der Waals surface area contributed by atoms with Crippen molar-refractivity contribution in [2.45, 2.75) is 18.9 Å². The molecule has 1 unspecified atom stereocenters. The third kappa shape index (κ3) is 2.19. The summed E-state index contributed by atoms with van der Waals surface area (Å²) in [5.74, 6) is -0.804. The Morgan fingerprint density at radius 2 is 2.05 bits per heavy atom. The number of nitrogens with zero attached hydrogens (tertiary/aromatic N) is 1. The van der Waals surface area contributed by atoms with Crippen LogP contribution in [0.2, 0.25) is 0 Å². The average Bonchev–Trinajstić information content (AvgIpc) is 2.93. The van der Waals surface area contributed by atoms with E-state index >= 15 is 0 Å². The third-order valence-corrected chi connectivity index (χ3v) is 3.57. The van der Waals surface area contributed by atoms with Gasteiger partial charge in [-0.15, -0.1) is 0 Å². The SMILES string of the molecule is CCC(O)(c1ccc(F)cn1)c1cc2cccc(F)c2o1. The van der Waals surface area contributed by atoms with E-state index in [1.165, 1.54) is 18.2 Å². The molecule has 0 aliphatic rings. The summed E-state index contributed by atoms with van der Waals surface area (Å²) in [4.78, 5) is 3.91. The number of furan rings is 1. The van der Waals surface area contributed by atoms with Crippen LogP contribution in [0.5, 0.6) is 0 Å². The van der Waals surface area contributed by atoms with E-state index in [1.807, 2.05) is 0 Å². The number of pyridine rings is 1. The number of halogens is 2. The molecule has 3 aromatic rings. The van der Waals surface area contributed by atoms with E-state index in [1.54, 1.807) is 25.1 Å². The van der Waals surface area contributed by atoms with E-state index in [9.17, 15) is 13.9 Å². The summed E-state index contributed by atoms with van der Waals surface area (Å²) in [7, 11) is 0. The standard InChI is InChI=1S/C16H13F2NO2/c1-2-16(20,13-7-6-11(17)9-19-13)14-8-10-4-3-5-12(18)15(10)21-14/h3-9,20H,2H2,1H3. The van der Waals surface area contributed by atoms with Crippen molar-refractivity contribution < 1.29 is 18.3 Å². The van der Waals surface area contributed by atoms with Crippen LogP contribution in [0.4, 0.5) is 8.78 Å². The first-order chi connectivity index (χ1) is 10.0. The average molecular weight is 289 g/mol. The molecule has 0 aliphatic carbocycles. The van der Waals surface area contributed by atoms with E-state index < -0.39 is 17.2 Å². The van der Waals surface area contributed by atoms with Gasteiger partial charge in [0.2, 0.25) is 0 Å². The number of aromatic nitrogens is 1. The predicted molar refractivity (Wildman–Crippen MR) is 73.7 cm³/mol. The highest BCUT2D eigenvalue weighted by Gasteiger charge is 2.35. The fourth-order valence-electron chi connectivity index (χ4n) is 2.33. The molecule has 3 nitrogen and oxygen atoms in total. The Hall–Kier alpha value is -2.27. The molecule has 2 heterocycles. The first-order valence-electron chi connectivity index (χ1n) is 6.57. The number of para-hydroxylation sites is 1. The first-order valence-corrected chi connectivity index (χ1v) is 6.57. The summed E-state index contributed by atoms with van der Waals surface area (Å²) in [6.45, 7) is 1.74. The molecule has 0 amide bonds. The van der Waals surface area contributed by atoms with Gasteiger partial charge < -0.3 is 9.52 Å². The van der Waals surface area contributed by atoms with Crippen molar-refractivity contribution in [2.24, 2.45) is 0 Å². The Kier molecular flexibility index (Phi) is 3.22. The molecule has 0 saturated carbocycles. The summed E-state index contributed by atoms with van der Waals surface area (Å²) in [5.41, 5.74) is -1.19. The summed E-state index contributed by atoms with van der Waals surface area (Å²) in [6.07, 6.45) is 1.28. The lowest BCUT2D eigenvalue weighted by Gasteiger charge is -2.23. The van der Waals surface area contributed by atoms with Crippen LogP contribution < -0.4 is 0 Å². The maximum Gasteiger partial charge on any atom is 0.170 e. The number of hydrogen-bond donors (Lipinski definition) is 1. The lowest BCUT2D eigenvalue weighted by molar-refractivity contribution is 0.0498. The number of benzene rings is 1. The summed E-state index contributed by atoms with van der Waals surface area (Å²) in [5, 5.41) is 11.4. The second kappa shape index (κ2) is 4.93. The van der Waals surface area contributed by atoms with Gasteiger partial charge in [-0.25, -0.2) is 8.78 Å². The van der Waals surface area contributed by atoms with Crippen LogP contribution in [0.1, 0.15) is 24.8 Å². The fourth-order valence-corrected chi connectivity index (χ4v) is 2.33. The van der Waals surface area contributed by atoms with Gasteiger partial charge in [-0.1, -0.05) is 19.1 Å². The molecule has 3 rings (SSSR count). The number of hydrogen-bond acceptors (Lipinski definition) is 3. The largest absolute Gasteiger partial charge is 0.454 e. The maximum absolute atomic E-state index is 13.7. The number of fused-ring (bicyclic) bond motifs is 1. The zero-order chi connectivity index (χ0) is 15.0. The molecule has 0 fully saturated rings. The molecule has 2 aromatic heterocycles. The van der Waals surface area contributed by atoms with Crippen molar-refractivity contribution in [3.63, 3.8) is 0 Å². The van der Waals surface area contributed by atoms with Gasteiger partial charge in [0.05, 0.1) is 11.9 Å². The molecule has 5 heteroatoms. The molecule has 108 valence electrons. The summed E-state index contributed by atoms with van der Waals surface area (Å²) >= 11 is 0. The first kappa shape index (κ1) is 13.7. The van der Waals surface area contributed by atoms with Crippen LogP contribution in [0.3, 0.4) is 0 Å². The predicted octanol–water partition coefficient (Wildman–Crippen LogP) is 3.75. The van der Waals surface area contributed by atoms with Crippen molar-refractivity contribution in [1.29, 1.82) is 0 Å². The van der Waals surface area contributed by atoms with Gasteiger partial charge in [-0.2, -0.15) is 0 Å². The third-order valence-electron chi connectivity index (χ3n) is 3.57. The molecular formula is C16H13F2NO2. The Morgan fingerprint density at radius 1 is 1.24 bits per heavy atom. The molecule has 1 atom stereocenters. The lowest BCUT2D eigenvalue weighted by atomic mass is 9.92. The van der Waals surface area contributed by atoms with Crippen molar-refractivity contribution in [1.82, 2.24) is 4.98 Å². The monoisotopic (exact) mass is 289 g/mol. The highest BCUT2D eigenvalue weighted by atomic mass is 19.1. The van der Waals surface area contributed by atoms with Crippen LogP contribution >= 0.6 is 0 Å². The summed E-state index contributed by atoms with van der Waals surface area (Å²) < 4.78 is 32.2. The maximum atomic E-state index is 13.7. The van der Waals surface area contributed by atoms with Gasteiger partial charge in [0.25, 0.3) is 0 Å². The van der Waals surface area contributed by atoms with Crippen molar-refractivity contribution in [2.75, 3.05) is 0 Å². The highest BCUT2D eigenvalue weighted by molar-refractivity contribution is 5.78. The minimum atomic E-state index is -1.53. The van der Waals surface area contributed by atoms with E-state index in [0.29, 0.717) is 5.39 Å². The quantitative estimate of drug-likeness (QED) is 0.798. The topological polar surface area (TPSA) is 46.3 Å². The van der Waals surface area contributed by atoms with Gasteiger partial charge in [0, 0.05) is 5.39 Å². The van der Waals surface area contributed by atoms with Gasteiger partial charge in [-0.05, 0) is 30.7 Å². The van der Waals surface area contributed by atoms with Crippen LogP contribution in [0, 0.1) is 11.6 Å². The van der Waals surface area contributed by atoms with Gasteiger partial charge in [0.15, 0.2) is 17.0 Å². The summed E-state index contributed by atoms with van der Waals surface area (Å²) in [6, 6.07) is 8.73. The van der Waals surface area contributed by atoms with E-state index in [2.05, 4.69) is 4.98 Å². The minimum Gasteiger partial charge on any atom is -0.454 e. The fraction of sp³-hybridized carbons (Fsp3) is 0.188. The molecule has 0 saturated heterocycles. The van der Waals surface area contributed by atoms with Crippen LogP contribution in [-0.4, -0.2) is 10.1 Å².